The highest BCUT2D eigenvalue weighted by atomic mass is 16.5. The zero-order valence-electron chi connectivity index (χ0n) is 15.8. The van der Waals surface area contributed by atoms with Crippen LogP contribution >= 0.6 is 0 Å². The Morgan fingerprint density at radius 3 is 2.62 bits per heavy atom. The van der Waals surface area contributed by atoms with Crippen molar-refractivity contribution in [2.75, 3.05) is 13.6 Å². The summed E-state index contributed by atoms with van der Waals surface area (Å²) in [5.41, 5.74) is 2.54. The fraction of sp³-hybridized carbons (Fsp3) is 0.524. The van der Waals surface area contributed by atoms with E-state index >= 15 is 0 Å². The molecule has 0 radical (unpaired) electrons. The molecule has 4 rings (SSSR count). The van der Waals surface area contributed by atoms with Crippen LogP contribution in [0.3, 0.4) is 0 Å². The second-order valence-electron chi connectivity index (χ2n) is 7.68. The first kappa shape index (κ1) is 17.3. The molecule has 3 heterocycles. The molecule has 0 saturated carbocycles. The highest BCUT2D eigenvalue weighted by molar-refractivity contribution is 5.96. The zero-order chi connectivity index (χ0) is 18.3. The molecular weight excluding hydrogens is 326 g/mol. The van der Waals surface area contributed by atoms with Gasteiger partial charge in [0.1, 0.15) is 11.3 Å². The maximum absolute atomic E-state index is 13.6. The molecule has 1 aromatic carbocycles. The van der Waals surface area contributed by atoms with Crippen molar-refractivity contribution >= 4 is 5.91 Å². The first-order valence-corrected chi connectivity index (χ1v) is 9.58. The molecule has 0 spiro atoms. The largest absolute Gasteiger partial charge is 0.361 e. The van der Waals surface area contributed by atoms with Gasteiger partial charge < -0.3 is 14.3 Å². The lowest BCUT2D eigenvalue weighted by atomic mass is 10.0. The van der Waals surface area contributed by atoms with Gasteiger partial charge in [-0.05, 0) is 52.3 Å². The van der Waals surface area contributed by atoms with E-state index in [0.29, 0.717) is 23.1 Å². The monoisotopic (exact) mass is 353 g/mol. The second-order valence-corrected chi connectivity index (χ2v) is 7.68. The Labute approximate surface area is 155 Å². The van der Waals surface area contributed by atoms with E-state index < -0.39 is 0 Å². The van der Waals surface area contributed by atoms with Crippen LogP contribution in [0.2, 0.25) is 0 Å². The van der Waals surface area contributed by atoms with Gasteiger partial charge in [0.2, 0.25) is 0 Å². The van der Waals surface area contributed by atoms with Crippen LogP contribution in [0.15, 0.2) is 34.9 Å². The number of fused-ring (bicyclic) bond motifs is 1. The Bertz CT molecular complexity index is 766. The van der Waals surface area contributed by atoms with Crippen LogP contribution in [0.5, 0.6) is 0 Å². The van der Waals surface area contributed by atoms with Gasteiger partial charge in [-0.25, -0.2) is 0 Å². The normalized spacial score (nSPS) is 26.6. The lowest BCUT2D eigenvalue weighted by Gasteiger charge is -2.32. The van der Waals surface area contributed by atoms with Crippen molar-refractivity contribution in [2.45, 2.75) is 57.7 Å². The number of nitrogens with zero attached hydrogens (tertiary/aromatic N) is 3. The third-order valence-electron chi connectivity index (χ3n) is 6.09. The molecule has 0 N–H and O–H groups in total. The van der Waals surface area contributed by atoms with Gasteiger partial charge in [0.05, 0.1) is 11.7 Å². The first-order valence-electron chi connectivity index (χ1n) is 9.58. The van der Waals surface area contributed by atoms with Gasteiger partial charge in [-0.1, -0.05) is 41.9 Å². The third kappa shape index (κ3) is 2.84. The molecule has 2 aliphatic rings. The number of amides is 1. The number of aromatic nitrogens is 1. The summed E-state index contributed by atoms with van der Waals surface area (Å²) >= 11 is 0. The SMILES string of the molecule is Cc1noc(C)c1C(=O)N1[C@@H](c2ccccc2)C[C@H]2[C@H]1CCCCN2C. The predicted molar refractivity (Wildman–Crippen MR) is 100 cm³/mol. The van der Waals surface area contributed by atoms with Crippen LogP contribution in [0, 0.1) is 13.8 Å². The fourth-order valence-electron chi connectivity index (χ4n) is 4.78. The third-order valence-corrected chi connectivity index (χ3v) is 6.09. The van der Waals surface area contributed by atoms with Crippen molar-refractivity contribution in [1.29, 1.82) is 0 Å². The summed E-state index contributed by atoms with van der Waals surface area (Å²) < 4.78 is 5.29. The number of hydrogen-bond donors (Lipinski definition) is 0. The number of likely N-dealkylation sites (tertiary alicyclic amines) is 2. The highest BCUT2D eigenvalue weighted by Crippen LogP contribution is 2.42. The molecule has 0 unspecified atom stereocenters. The van der Waals surface area contributed by atoms with Crippen LogP contribution in [-0.4, -0.2) is 46.5 Å². The van der Waals surface area contributed by atoms with Gasteiger partial charge in [-0.15, -0.1) is 0 Å². The standard InChI is InChI=1S/C21H27N3O2/c1-14-20(15(2)26-22-14)21(25)24-17-11-7-8-12-23(3)19(17)13-18(24)16-9-5-4-6-10-16/h4-6,9-10,17-19H,7-8,11-13H2,1-3H3/t17-,18-,19+/m1/s1. The van der Waals surface area contributed by atoms with Gasteiger partial charge in [0, 0.05) is 12.1 Å². The molecule has 3 atom stereocenters. The van der Waals surface area contributed by atoms with E-state index in [9.17, 15) is 4.79 Å². The van der Waals surface area contributed by atoms with Crippen molar-refractivity contribution in [2.24, 2.45) is 0 Å². The van der Waals surface area contributed by atoms with Crippen molar-refractivity contribution < 1.29 is 9.32 Å². The zero-order valence-corrected chi connectivity index (χ0v) is 15.8. The average molecular weight is 353 g/mol. The Balaban J connectivity index is 1.77. The van der Waals surface area contributed by atoms with Crippen LogP contribution in [-0.2, 0) is 0 Å². The highest BCUT2D eigenvalue weighted by Gasteiger charge is 2.47. The predicted octanol–water partition coefficient (Wildman–Crippen LogP) is 3.73. The Morgan fingerprint density at radius 1 is 1.15 bits per heavy atom. The molecule has 2 aliphatic heterocycles. The topological polar surface area (TPSA) is 49.6 Å². The average Bonchev–Trinajstić information content (AvgIpc) is 3.13. The molecule has 1 aromatic heterocycles. The van der Waals surface area contributed by atoms with Gasteiger partial charge in [0.25, 0.3) is 5.91 Å². The lowest BCUT2D eigenvalue weighted by Crippen LogP contribution is -2.45. The number of benzene rings is 1. The van der Waals surface area contributed by atoms with Gasteiger partial charge >= 0.3 is 0 Å². The minimum absolute atomic E-state index is 0.0675. The van der Waals surface area contributed by atoms with E-state index in [1.807, 2.05) is 19.9 Å². The van der Waals surface area contributed by atoms with Gasteiger partial charge in [-0.3, -0.25) is 4.79 Å². The lowest BCUT2D eigenvalue weighted by molar-refractivity contribution is 0.0630. The number of carbonyl (C=O) groups excluding carboxylic acids is 1. The summed E-state index contributed by atoms with van der Waals surface area (Å²) in [5, 5.41) is 4.01. The summed E-state index contributed by atoms with van der Waals surface area (Å²) in [6.45, 7) is 4.79. The van der Waals surface area contributed by atoms with Crippen molar-refractivity contribution in [1.82, 2.24) is 15.0 Å². The summed E-state index contributed by atoms with van der Waals surface area (Å²) in [6, 6.07) is 11.2. The van der Waals surface area contributed by atoms with Crippen LogP contribution < -0.4 is 0 Å². The molecule has 0 bridgehead atoms. The van der Waals surface area contributed by atoms with Crippen LogP contribution in [0.1, 0.15) is 59.1 Å². The number of hydrogen-bond acceptors (Lipinski definition) is 4. The number of rotatable bonds is 2. The smallest absolute Gasteiger partial charge is 0.260 e. The number of carbonyl (C=O) groups is 1. The van der Waals surface area contributed by atoms with Crippen molar-refractivity contribution in [3.63, 3.8) is 0 Å². The Morgan fingerprint density at radius 2 is 1.92 bits per heavy atom. The molecule has 1 amide bonds. The van der Waals surface area contributed by atoms with Crippen LogP contribution in [0.4, 0.5) is 0 Å². The van der Waals surface area contributed by atoms with Gasteiger partial charge in [0.15, 0.2) is 0 Å². The molecule has 2 fully saturated rings. The Hall–Kier alpha value is -2.14. The quantitative estimate of drug-likeness (QED) is 0.825. The molecule has 0 aliphatic carbocycles. The summed E-state index contributed by atoms with van der Waals surface area (Å²) in [5.74, 6) is 0.683. The van der Waals surface area contributed by atoms with E-state index in [1.165, 1.54) is 18.4 Å². The molecule has 5 heteroatoms. The minimum Gasteiger partial charge on any atom is -0.361 e. The second kappa shape index (κ2) is 6.88. The molecular formula is C21H27N3O2. The van der Waals surface area contributed by atoms with E-state index in [0.717, 1.165) is 19.4 Å². The Kier molecular flexibility index (Phi) is 4.57. The van der Waals surface area contributed by atoms with Crippen molar-refractivity contribution in [3.05, 3.63) is 52.9 Å². The molecule has 138 valence electrons. The maximum atomic E-state index is 13.6. The molecule has 26 heavy (non-hydrogen) atoms. The fourth-order valence-corrected chi connectivity index (χ4v) is 4.78. The number of aryl methyl sites for hydroxylation is 2. The van der Waals surface area contributed by atoms with E-state index in [2.05, 4.69) is 46.3 Å². The summed E-state index contributed by atoms with van der Waals surface area (Å²) in [4.78, 5) is 18.2. The van der Waals surface area contributed by atoms with Crippen molar-refractivity contribution in [3.8, 4) is 0 Å². The molecule has 5 nitrogen and oxygen atoms in total. The van der Waals surface area contributed by atoms with Crippen LogP contribution in [0.25, 0.3) is 0 Å². The molecule has 2 aromatic rings. The minimum atomic E-state index is 0.0675. The number of likely N-dealkylation sites (N-methyl/N-ethyl adjacent to an activating group) is 1. The van der Waals surface area contributed by atoms with E-state index in [1.54, 1.807) is 0 Å². The first-order chi connectivity index (χ1) is 12.6. The van der Waals surface area contributed by atoms with E-state index in [4.69, 9.17) is 4.52 Å². The van der Waals surface area contributed by atoms with E-state index in [-0.39, 0.29) is 18.0 Å². The molecule has 2 saturated heterocycles. The summed E-state index contributed by atoms with van der Waals surface area (Å²) in [7, 11) is 2.20. The summed E-state index contributed by atoms with van der Waals surface area (Å²) in [6.07, 6.45) is 4.42. The van der Waals surface area contributed by atoms with Gasteiger partial charge in [-0.2, -0.15) is 0 Å². The maximum Gasteiger partial charge on any atom is 0.260 e.